The molecule has 0 spiro atoms. The smallest absolute Gasteiger partial charge is 0.326 e. The van der Waals surface area contributed by atoms with Gasteiger partial charge in [-0.3, -0.25) is 9.36 Å². The van der Waals surface area contributed by atoms with E-state index in [0.29, 0.717) is 18.7 Å². The molecule has 14 heavy (non-hydrogen) atoms. The fraction of sp³-hybridized carbons (Fsp3) is 0.375. The van der Waals surface area contributed by atoms with E-state index in [0.717, 1.165) is 0 Å². The molecule has 0 aromatic carbocycles. The maximum absolute atomic E-state index is 11.3. The van der Waals surface area contributed by atoms with Crippen molar-refractivity contribution in [2.75, 3.05) is 0 Å². The molecule has 5 nitrogen and oxygen atoms in total. The van der Waals surface area contributed by atoms with Crippen LogP contribution >= 0.6 is 12.4 Å². The van der Waals surface area contributed by atoms with E-state index in [1.807, 2.05) is 0 Å². The Bertz CT molecular complexity index is 415. The number of hydrogen-bond donors (Lipinski definition) is 1. The maximum Gasteiger partial charge on any atom is 0.326 e. The minimum absolute atomic E-state index is 0. The number of carboxylic acid groups (broad SMARTS) is 1. The molecule has 1 aromatic rings. The molecule has 1 aromatic heterocycles. The highest BCUT2D eigenvalue weighted by Crippen LogP contribution is 2.21. The van der Waals surface area contributed by atoms with Crippen molar-refractivity contribution in [3.8, 4) is 0 Å². The lowest BCUT2D eigenvalue weighted by molar-refractivity contribution is -0.140. The second kappa shape index (κ2) is 3.79. The molecule has 2 rings (SSSR count). The zero-order valence-electron chi connectivity index (χ0n) is 7.21. The molecular formula is C8H9ClN2O3. The summed E-state index contributed by atoms with van der Waals surface area (Å²) in [6.07, 6.45) is 2.44. The second-order valence-corrected chi connectivity index (χ2v) is 2.96. The average Bonchev–Trinajstić information content (AvgIpc) is 2.49. The highest BCUT2D eigenvalue weighted by Gasteiger charge is 2.29. The van der Waals surface area contributed by atoms with Crippen LogP contribution in [0.4, 0.5) is 0 Å². The summed E-state index contributed by atoms with van der Waals surface area (Å²) in [5.74, 6) is -0.395. The number of hydrogen-bond acceptors (Lipinski definition) is 3. The lowest BCUT2D eigenvalue weighted by Gasteiger charge is -2.07. The van der Waals surface area contributed by atoms with Gasteiger partial charge >= 0.3 is 5.97 Å². The first kappa shape index (κ1) is 10.7. The minimum atomic E-state index is -0.964. The highest BCUT2D eigenvalue weighted by atomic mass is 35.5. The van der Waals surface area contributed by atoms with E-state index in [1.54, 1.807) is 0 Å². The van der Waals surface area contributed by atoms with Crippen molar-refractivity contribution in [3.63, 3.8) is 0 Å². The van der Waals surface area contributed by atoms with E-state index in [9.17, 15) is 9.59 Å². The van der Waals surface area contributed by atoms with Gasteiger partial charge in [0.05, 0.1) is 0 Å². The number of carbonyl (C=O) groups is 1. The molecule has 0 fully saturated rings. The molecule has 0 aliphatic carbocycles. The fourth-order valence-electron chi connectivity index (χ4n) is 1.60. The summed E-state index contributed by atoms with van der Waals surface area (Å²) in [5.41, 5.74) is -0.282. The van der Waals surface area contributed by atoms with E-state index in [1.165, 1.54) is 16.8 Å². The SMILES string of the molecule is Cl.O=C(O)[C@@H]1CCc2nccc(=O)n21. The summed E-state index contributed by atoms with van der Waals surface area (Å²) in [7, 11) is 0. The van der Waals surface area contributed by atoms with Crippen molar-refractivity contribution in [2.45, 2.75) is 18.9 Å². The van der Waals surface area contributed by atoms with E-state index in [-0.39, 0.29) is 18.0 Å². The molecule has 1 aliphatic heterocycles. The number of aromatic nitrogens is 2. The van der Waals surface area contributed by atoms with E-state index in [2.05, 4.69) is 4.98 Å². The summed E-state index contributed by atoms with van der Waals surface area (Å²) in [5, 5.41) is 8.80. The molecule has 1 N–H and O–H groups in total. The summed E-state index contributed by atoms with van der Waals surface area (Å²) in [6, 6.07) is 0.557. The molecule has 1 atom stereocenters. The van der Waals surface area contributed by atoms with Crippen molar-refractivity contribution in [2.24, 2.45) is 0 Å². The first-order valence-corrected chi connectivity index (χ1v) is 3.99. The van der Waals surface area contributed by atoms with Crippen LogP contribution in [0, 0.1) is 0 Å². The van der Waals surface area contributed by atoms with Crippen molar-refractivity contribution < 1.29 is 9.90 Å². The molecule has 0 bridgehead atoms. The van der Waals surface area contributed by atoms with E-state index in [4.69, 9.17) is 5.11 Å². The lowest BCUT2D eigenvalue weighted by Crippen LogP contribution is -2.27. The Morgan fingerprint density at radius 2 is 2.36 bits per heavy atom. The number of halogens is 1. The van der Waals surface area contributed by atoms with Crippen LogP contribution in [0.3, 0.4) is 0 Å². The Kier molecular flexibility index (Phi) is 2.90. The quantitative estimate of drug-likeness (QED) is 0.730. The fourth-order valence-corrected chi connectivity index (χ4v) is 1.60. The van der Waals surface area contributed by atoms with Gasteiger partial charge in [0.25, 0.3) is 5.56 Å². The zero-order chi connectivity index (χ0) is 9.42. The molecule has 0 radical (unpaired) electrons. The topological polar surface area (TPSA) is 72.2 Å². The average molecular weight is 217 g/mol. The maximum atomic E-state index is 11.3. The molecule has 6 heteroatoms. The number of carboxylic acids is 1. The van der Waals surface area contributed by atoms with Crippen molar-refractivity contribution >= 4 is 18.4 Å². The van der Waals surface area contributed by atoms with Crippen molar-refractivity contribution in [1.29, 1.82) is 0 Å². The van der Waals surface area contributed by atoms with Crippen LogP contribution in [-0.4, -0.2) is 20.6 Å². The van der Waals surface area contributed by atoms with Crippen LogP contribution in [0.25, 0.3) is 0 Å². The van der Waals surface area contributed by atoms with Gasteiger partial charge in [-0.15, -0.1) is 12.4 Å². The van der Waals surface area contributed by atoms with Crippen molar-refractivity contribution in [3.05, 3.63) is 28.4 Å². The number of fused-ring (bicyclic) bond motifs is 1. The van der Waals surface area contributed by atoms with E-state index >= 15 is 0 Å². The largest absolute Gasteiger partial charge is 0.480 e. The first-order chi connectivity index (χ1) is 6.20. The zero-order valence-corrected chi connectivity index (χ0v) is 8.03. The molecule has 0 amide bonds. The van der Waals surface area contributed by atoms with Gasteiger partial charge < -0.3 is 5.11 Å². The van der Waals surface area contributed by atoms with Gasteiger partial charge in [0.15, 0.2) is 0 Å². The monoisotopic (exact) mass is 216 g/mol. The summed E-state index contributed by atoms with van der Waals surface area (Å²) in [4.78, 5) is 26.0. The summed E-state index contributed by atoms with van der Waals surface area (Å²) >= 11 is 0. The number of rotatable bonds is 1. The van der Waals surface area contributed by atoms with Gasteiger partial charge in [0.2, 0.25) is 0 Å². The van der Waals surface area contributed by atoms with Crippen LogP contribution < -0.4 is 5.56 Å². The van der Waals surface area contributed by atoms with E-state index < -0.39 is 12.0 Å². The van der Waals surface area contributed by atoms with Gasteiger partial charge in [-0.2, -0.15) is 0 Å². The Morgan fingerprint density at radius 3 is 3.00 bits per heavy atom. The third kappa shape index (κ3) is 1.50. The summed E-state index contributed by atoms with van der Waals surface area (Å²) < 4.78 is 1.25. The second-order valence-electron chi connectivity index (χ2n) is 2.96. The van der Waals surface area contributed by atoms with Crippen LogP contribution in [0.2, 0.25) is 0 Å². The minimum Gasteiger partial charge on any atom is -0.480 e. The lowest BCUT2D eigenvalue weighted by atomic mass is 10.2. The Morgan fingerprint density at radius 1 is 1.64 bits per heavy atom. The van der Waals surface area contributed by atoms with Gasteiger partial charge in [-0.25, -0.2) is 9.78 Å². The predicted octanol–water partition coefficient (Wildman–Crippen LogP) is 0.237. The molecule has 0 unspecified atom stereocenters. The van der Waals surface area contributed by atoms with Gasteiger partial charge in [-0.05, 0) is 6.42 Å². The Hall–Kier alpha value is -1.36. The molecule has 1 aliphatic rings. The van der Waals surface area contributed by atoms with Crippen LogP contribution in [0.1, 0.15) is 18.3 Å². The highest BCUT2D eigenvalue weighted by molar-refractivity contribution is 5.85. The van der Waals surface area contributed by atoms with Gasteiger partial charge in [0, 0.05) is 18.7 Å². The standard InChI is InChI=1S/C8H8N2O3.ClH/c11-7-3-4-9-6-2-1-5(8(12)13)10(6)7;/h3-5H,1-2H2,(H,12,13);1H/t5-;/m0./s1. The predicted molar refractivity (Wildman–Crippen MR) is 50.7 cm³/mol. The molecule has 2 heterocycles. The Balaban J connectivity index is 0.000000980. The third-order valence-electron chi connectivity index (χ3n) is 2.19. The molecule has 76 valence electrons. The van der Waals surface area contributed by atoms with Crippen LogP contribution in [0.15, 0.2) is 17.1 Å². The van der Waals surface area contributed by atoms with Crippen LogP contribution in [0.5, 0.6) is 0 Å². The molecule has 0 saturated carbocycles. The number of aliphatic carboxylic acids is 1. The van der Waals surface area contributed by atoms with Gasteiger partial charge in [0.1, 0.15) is 11.9 Å². The Labute approximate surface area is 85.8 Å². The van der Waals surface area contributed by atoms with Crippen molar-refractivity contribution in [1.82, 2.24) is 9.55 Å². The molecule has 0 saturated heterocycles. The number of aryl methyl sites for hydroxylation is 1. The van der Waals surface area contributed by atoms with Crippen LogP contribution in [-0.2, 0) is 11.2 Å². The first-order valence-electron chi connectivity index (χ1n) is 3.99. The normalized spacial score (nSPS) is 18.4. The van der Waals surface area contributed by atoms with Gasteiger partial charge in [-0.1, -0.05) is 0 Å². The molecular weight excluding hydrogens is 208 g/mol. The summed E-state index contributed by atoms with van der Waals surface area (Å²) in [6.45, 7) is 0. The number of nitrogens with zero attached hydrogens (tertiary/aromatic N) is 2. The third-order valence-corrected chi connectivity index (χ3v) is 2.19.